The molecule has 0 bridgehead atoms. The molecule has 8 heterocycles. The second-order valence-electron chi connectivity index (χ2n) is 32.5. The van der Waals surface area contributed by atoms with E-state index in [-0.39, 0.29) is 58.8 Å². The highest BCUT2D eigenvalue weighted by atomic mass is 16.6. The van der Waals surface area contributed by atoms with E-state index in [1.54, 1.807) is 42.3 Å². The highest BCUT2D eigenvalue weighted by molar-refractivity contribution is 6.14. The molecule has 4 aromatic heterocycles. The minimum atomic E-state index is -0.729. The monoisotopic (exact) mass is 1750 g/mol. The number of anilines is 4. The van der Waals surface area contributed by atoms with E-state index in [4.69, 9.17) is 29.4 Å². The van der Waals surface area contributed by atoms with Crippen LogP contribution in [0.25, 0.3) is 44.6 Å². The Kier molecular flexibility index (Phi) is 29.1. The minimum absolute atomic E-state index is 0.0439. The second kappa shape index (κ2) is 41.8. The maximum Gasteiger partial charge on any atom is 0.316 e. The van der Waals surface area contributed by atoms with Crippen molar-refractivity contribution in [2.75, 3.05) is 42.0 Å². The Morgan fingerprint density at radius 2 is 1.18 bits per heavy atom. The molecule has 4 unspecified atom stereocenters. The Morgan fingerprint density at radius 3 is 1.79 bits per heavy atom. The summed E-state index contributed by atoms with van der Waals surface area (Å²) in [5.41, 5.74) is 14.4. The first-order chi connectivity index (χ1) is 63.4. The molecule has 0 saturated carbocycles. The van der Waals surface area contributed by atoms with E-state index in [9.17, 15) is 38.9 Å². The Labute approximate surface area is 758 Å². The molecule has 10 aromatic carbocycles. The van der Waals surface area contributed by atoms with Gasteiger partial charge in [-0.25, -0.2) is 24.9 Å². The molecule has 3 amide bonds. The summed E-state index contributed by atoms with van der Waals surface area (Å²) in [6.45, 7) is 23.8. The maximum absolute atomic E-state index is 13.2. The van der Waals surface area contributed by atoms with Crippen LogP contribution in [0.3, 0.4) is 0 Å². The Balaban J connectivity index is 0.000000132. The second-order valence-corrected chi connectivity index (χ2v) is 32.5. The number of rotatable bonds is 20. The van der Waals surface area contributed by atoms with Crippen LogP contribution < -0.4 is 57.4 Å². The zero-order valence-electron chi connectivity index (χ0n) is 74.9. The highest BCUT2D eigenvalue weighted by Gasteiger charge is 2.44. The van der Waals surface area contributed by atoms with Gasteiger partial charge in [0.2, 0.25) is 0 Å². The van der Waals surface area contributed by atoms with E-state index in [2.05, 4.69) is 88.0 Å². The van der Waals surface area contributed by atoms with Crippen LogP contribution in [-0.2, 0) is 31.9 Å². The lowest BCUT2D eigenvalue weighted by molar-refractivity contribution is -0.383. The lowest BCUT2D eigenvalue weighted by atomic mass is 9.93. The Bertz CT molecular complexity index is 6930. The van der Waals surface area contributed by atoms with Crippen LogP contribution in [0.15, 0.2) is 310 Å². The number of nitrogens with one attached hydrogen (secondary N) is 2. The number of hydrogen-bond acceptors (Lipinski definition) is 20. The van der Waals surface area contributed by atoms with Crippen molar-refractivity contribution in [3.05, 3.63) is 383 Å². The summed E-state index contributed by atoms with van der Waals surface area (Å²) in [5.74, 6) is 2.92. The predicted molar refractivity (Wildman–Crippen MR) is 514 cm³/mol. The number of nitro groups is 1. The molecule has 1 saturated heterocycles. The van der Waals surface area contributed by atoms with Crippen LogP contribution >= 0.6 is 0 Å². The fourth-order valence-corrected chi connectivity index (χ4v) is 16.0. The number of methoxy groups -OCH3 is 1. The van der Waals surface area contributed by atoms with Crippen LogP contribution in [0, 0.1) is 36.8 Å². The van der Waals surface area contributed by atoms with Crippen molar-refractivity contribution in [1.82, 2.24) is 48.8 Å². The molecule has 2 N–H and O–H groups in total. The third kappa shape index (κ3) is 21.1. The van der Waals surface area contributed by atoms with E-state index >= 15 is 0 Å². The summed E-state index contributed by atoms with van der Waals surface area (Å²) < 4.78 is 15.2. The number of nitrogens with zero attached hydrogens (tertiary/aromatic N) is 15. The largest absolute Gasteiger partial charge is 0.493 e. The molecule has 131 heavy (non-hydrogen) atoms. The number of hydrogen-bond donors (Lipinski definition) is 2. The lowest BCUT2D eigenvalue weighted by Gasteiger charge is -2.26. The van der Waals surface area contributed by atoms with E-state index in [1.807, 2.05) is 239 Å². The van der Waals surface area contributed by atoms with E-state index in [0.29, 0.717) is 82.2 Å². The number of hydrazone groups is 1. The molecular weight excluding hydrogens is 1650 g/mol. The molecule has 0 radical (unpaired) electrons. The van der Waals surface area contributed by atoms with Gasteiger partial charge >= 0.3 is 11.1 Å². The average molecular weight is 1750 g/mol. The van der Waals surface area contributed by atoms with Gasteiger partial charge in [-0.05, 0) is 167 Å². The molecule has 14 aromatic rings. The van der Waals surface area contributed by atoms with Crippen molar-refractivity contribution in [2.45, 2.75) is 111 Å². The fraction of sp³-hybridized carbons (Fsp3) is 0.231. The third-order valence-electron chi connectivity index (χ3n) is 22.9. The minimum Gasteiger partial charge on any atom is -0.493 e. The number of benzene rings is 10. The van der Waals surface area contributed by atoms with Gasteiger partial charge in [0.15, 0.2) is 17.7 Å². The summed E-state index contributed by atoms with van der Waals surface area (Å²) in [6.07, 6.45) is 9.78. The van der Waals surface area contributed by atoms with Gasteiger partial charge in [0, 0.05) is 91.9 Å². The first kappa shape index (κ1) is 91.4. The van der Waals surface area contributed by atoms with Gasteiger partial charge in [0.25, 0.3) is 34.9 Å². The van der Waals surface area contributed by atoms with E-state index in [0.717, 1.165) is 114 Å². The molecule has 4 aliphatic heterocycles. The van der Waals surface area contributed by atoms with Crippen molar-refractivity contribution >= 4 is 74.3 Å². The fourth-order valence-electron chi connectivity index (χ4n) is 16.0. The van der Waals surface area contributed by atoms with Crippen molar-refractivity contribution in [3.8, 4) is 39.8 Å². The summed E-state index contributed by atoms with van der Waals surface area (Å²) >= 11 is 0. The van der Waals surface area contributed by atoms with Crippen molar-refractivity contribution in [2.24, 2.45) is 35.1 Å². The van der Waals surface area contributed by atoms with Gasteiger partial charge in [0.1, 0.15) is 29.6 Å². The van der Waals surface area contributed by atoms with Gasteiger partial charge in [-0.3, -0.25) is 53.4 Å². The first-order valence-corrected chi connectivity index (χ1v) is 43.5. The summed E-state index contributed by atoms with van der Waals surface area (Å²) in [6, 6.07) is 78.2. The molecular formula is C104H103N17O10. The number of fused-ring (bicyclic) bond motifs is 6. The number of nitro benzene ring substituents is 1. The van der Waals surface area contributed by atoms with E-state index in [1.165, 1.54) is 54.2 Å². The van der Waals surface area contributed by atoms with Gasteiger partial charge in [-0.15, -0.1) is 13.2 Å². The van der Waals surface area contributed by atoms with Crippen molar-refractivity contribution in [1.29, 1.82) is 0 Å². The van der Waals surface area contributed by atoms with Crippen LogP contribution in [-0.4, -0.2) is 105 Å². The average Bonchev–Trinajstić information content (AvgIpc) is 1.47. The van der Waals surface area contributed by atoms with E-state index < -0.39 is 16.0 Å². The summed E-state index contributed by atoms with van der Waals surface area (Å²) in [7, 11) is 4.51. The first-order valence-electron chi connectivity index (χ1n) is 43.5. The molecule has 1 fully saturated rings. The quantitative estimate of drug-likeness (QED) is 0.0310. The van der Waals surface area contributed by atoms with Crippen molar-refractivity contribution < 1.29 is 28.8 Å². The van der Waals surface area contributed by atoms with Crippen molar-refractivity contribution in [3.63, 3.8) is 0 Å². The molecule has 27 nitrogen and oxygen atoms in total. The van der Waals surface area contributed by atoms with Gasteiger partial charge in [-0.1, -0.05) is 197 Å². The number of carbonyl (C=O) groups excluding carboxylic acids is 3. The zero-order chi connectivity index (χ0) is 92.5. The van der Waals surface area contributed by atoms with Crippen LogP contribution in [0.1, 0.15) is 131 Å². The number of ether oxygens (including phenoxy) is 2. The molecule has 4 atom stereocenters. The Morgan fingerprint density at radius 1 is 0.595 bits per heavy atom. The van der Waals surface area contributed by atoms with Gasteiger partial charge in [0.05, 0.1) is 73.2 Å². The smallest absolute Gasteiger partial charge is 0.316 e. The summed E-state index contributed by atoms with van der Waals surface area (Å²) in [5, 5.41) is 24.9. The molecule has 0 aliphatic carbocycles. The number of likely N-dealkylation sites (tertiary alicyclic amines) is 1. The lowest BCUT2D eigenvalue weighted by Crippen LogP contribution is -2.39. The number of aryl methyl sites for hydroxylation is 5. The number of allylic oxidation sites excluding steroid dienone is 1. The molecule has 4 aliphatic rings. The molecule has 27 heteroatoms. The summed E-state index contributed by atoms with van der Waals surface area (Å²) in [4.78, 5) is 123. The Hall–Kier alpha value is -15.8. The van der Waals surface area contributed by atoms with Crippen LogP contribution in [0.2, 0.25) is 0 Å². The predicted octanol–water partition coefficient (Wildman–Crippen LogP) is 17.7. The normalized spacial score (nSPS) is 14.8. The van der Waals surface area contributed by atoms with Gasteiger partial charge < -0.3 is 39.0 Å². The number of aromatic nitrogens is 8. The highest BCUT2D eigenvalue weighted by Crippen LogP contribution is 2.45. The van der Waals surface area contributed by atoms with Crippen LogP contribution in [0.5, 0.6) is 17.2 Å². The maximum atomic E-state index is 13.2. The number of amides is 3. The number of carbonyl (C=O) groups is 3. The topological polar surface area (TPSA) is 314 Å². The standard InChI is InChI=1S/C24H19N3O.C22H19N5O.C20H24N4O.C20H23NO3.C18H18N4O4/c1-2-16-25-24(28)19-14-12-18(13-15-19)23-22(17-8-4-3-5-9-17)26-20-10-6-7-11-21(20)27-23;1-3-11-26-13-23-20-18(22(26)28)19-21(25-17-10-5-4-9-16(17)24-19)27(20)15-8-6-7-14(2)12-15;1-12(2)17-8-6-16(7-9-17)11-18-15(5)23-24(19(18)25)20-21-13(3)10-14(4)22-20;1-23-18-12-6-7-13-19(18)24-17-11-5-4-10-16(17)20(22)21-14-8-2-3-9-15-21;1-11(12-7-5-4-6-8-12)19-13-9-15-16(10-14(13)22(25)26)21(3)18(24)17(23)20(15)2/h2-15H,1,16H2,(H,25,28);3-10,12-13,19,21H,1,11H2,2H3;6-10,12,18H,11H2,1-5H3;4-7,10-13H,2-3,8-9,14-15H2,1H3;4-11,19H,1-3H3. The van der Waals surface area contributed by atoms with Crippen LogP contribution in [0.4, 0.5) is 28.8 Å². The third-order valence-corrected chi connectivity index (χ3v) is 22.9. The SMILES string of the molecule is C=CCNC(=O)c1ccc(-c2nc3ccccc3nc2-c2ccccc2)cc1.C=CCn1cnc2c(c1=O)C1N=c3ccccc3=NC1N2c1cccc(C)c1.CC(Nc1cc2c(cc1[N+](=O)[O-])n(C)c(=O)c(=O)n2C)c1ccccc1.CC1=NN(c2nc(C)cc(C)n2)C(=O)C1Cc1ccc(C(C)C)cc1.COc1ccccc1Oc1ccccc1C(=O)N1CCCCCC1. The molecule has 18 rings (SSSR count). The molecule has 0 spiro atoms. The zero-order valence-corrected chi connectivity index (χ0v) is 74.9. The molecule has 664 valence electrons. The number of para-hydroxylation sites is 7. The van der Waals surface area contributed by atoms with Gasteiger partial charge in [-0.2, -0.15) is 10.1 Å².